The topological polar surface area (TPSA) is 64.3 Å². The average Bonchev–Trinajstić information content (AvgIpc) is 2.82. The average molecular weight is 342 g/mol. The maximum absolute atomic E-state index is 12.7. The first-order valence-corrected chi connectivity index (χ1v) is 9.26. The van der Waals surface area contributed by atoms with Gasteiger partial charge in [-0.2, -0.15) is 0 Å². The molecule has 0 N–H and O–H groups in total. The van der Waals surface area contributed by atoms with Gasteiger partial charge in [-0.3, -0.25) is 4.79 Å². The number of benzene rings is 2. The second kappa shape index (κ2) is 5.91. The van der Waals surface area contributed by atoms with Crippen LogP contribution in [-0.2, 0) is 15.6 Å². The maximum atomic E-state index is 12.7. The fraction of sp³-hybridized carbons (Fsp3) is 0.211. The molecule has 0 fully saturated rings. The van der Waals surface area contributed by atoms with Crippen LogP contribution in [0.25, 0.3) is 11.0 Å². The van der Waals surface area contributed by atoms with Gasteiger partial charge in [0, 0.05) is 5.39 Å². The molecule has 1 aromatic heterocycles. The highest BCUT2D eigenvalue weighted by atomic mass is 32.2. The van der Waals surface area contributed by atoms with Gasteiger partial charge in [0.15, 0.2) is 15.6 Å². The van der Waals surface area contributed by atoms with Gasteiger partial charge < -0.3 is 4.42 Å². The Hall–Kier alpha value is -2.40. The molecule has 0 radical (unpaired) electrons. The van der Waals surface area contributed by atoms with Crippen LogP contribution < -0.4 is 0 Å². The summed E-state index contributed by atoms with van der Waals surface area (Å²) in [5.41, 5.74) is 2.46. The highest BCUT2D eigenvalue weighted by molar-refractivity contribution is 7.90. The second-order valence-corrected chi connectivity index (χ2v) is 7.90. The number of furan rings is 1. The first kappa shape index (κ1) is 16.5. The van der Waals surface area contributed by atoms with Crippen LogP contribution in [0.1, 0.15) is 34.2 Å². The molecule has 2 aromatic carbocycles. The zero-order valence-corrected chi connectivity index (χ0v) is 14.6. The minimum Gasteiger partial charge on any atom is -0.461 e. The molecule has 5 heteroatoms. The maximum Gasteiger partial charge on any atom is 0.182 e. The van der Waals surface area contributed by atoms with Crippen LogP contribution >= 0.6 is 0 Å². The van der Waals surface area contributed by atoms with E-state index in [4.69, 9.17) is 4.42 Å². The van der Waals surface area contributed by atoms with E-state index in [2.05, 4.69) is 0 Å². The van der Waals surface area contributed by atoms with Crippen molar-refractivity contribution in [3.05, 3.63) is 64.9 Å². The number of ketones is 1. The van der Waals surface area contributed by atoms with Crippen LogP contribution in [0, 0.1) is 13.8 Å². The van der Waals surface area contributed by atoms with E-state index in [9.17, 15) is 13.2 Å². The fourth-order valence-electron chi connectivity index (χ4n) is 3.00. The van der Waals surface area contributed by atoms with Crippen LogP contribution in [0.4, 0.5) is 0 Å². The smallest absolute Gasteiger partial charge is 0.182 e. The van der Waals surface area contributed by atoms with Crippen molar-refractivity contribution in [3.63, 3.8) is 0 Å². The highest BCUT2D eigenvalue weighted by Gasteiger charge is 2.20. The van der Waals surface area contributed by atoms with Crippen LogP contribution in [0.3, 0.4) is 0 Å². The van der Waals surface area contributed by atoms with Crippen molar-refractivity contribution in [2.75, 3.05) is 0 Å². The van der Waals surface area contributed by atoms with Crippen molar-refractivity contribution in [2.45, 2.75) is 31.4 Å². The first-order valence-electron chi connectivity index (χ1n) is 7.61. The van der Waals surface area contributed by atoms with E-state index in [-0.39, 0.29) is 11.5 Å². The molecule has 0 spiro atoms. The summed E-state index contributed by atoms with van der Waals surface area (Å²) in [6, 6.07) is 12.1. The predicted molar refractivity (Wildman–Crippen MR) is 93.0 cm³/mol. The van der Waals surface area contributed by atoms with Crippen molar-refractivity contribution in [2.24, 2.45) is 0 Å². The standard InChI is InChI=1S/C19H18O4S/c1-12-6-4-5-7-18(12)24(21,22)11-15-8-9-17-16(10-15)19(13(2)20)14(3)23-17/h4-10H,11H2,1-3H3. The van der Waals surface area contributed by atoms with Crippen LogP contribution in [0.5, 0.6) is 0 Å². The SMILES string of the molecule is CC(=O)c1c(C)oc2ccc(CS(=O)(=O)c3ccccc3C)cc12. The lowest BCUT2D eigenvalue weighted by Gasteiger charge is -2.08. The van der Waals surface area contributed by atoms with Crippen LogP contribution in [0.2, 0.25) is 0 Å². The van der Waals surface area contributed by atoms with Crippen LogP contribution in [0.15, 0.2) is 51.8 Å². The number of fused-ring (bicyclic) bond motifs is 1. The molecular weight excluding hydrogens is 324 g/mol. The van der Waals surface area contributed by atoms with Gasteiger partial charge in [0.1, 0.15) is 11.3 Å². The Labute approximate surface area is 141 Å². The number of sulfone groups is 1. The summed E-state index contributed by atoms with van der Waals surface area (Å²) in [6.45, 7) is 5.00. The minimum absolute atomic E-state index is 0.0924. The molecule has 0 unspecified atom stereocenters. The van der Waals surface area contributed by atoms with E-state index >= 15 is 0 Å². The summed E-state index contributed by atoms with van der Waals surface area (Å²) in [5.74, 6) is 0.344. The van der Waals surface area contributed by atoms with Crippen molar-refractivity contribution in [1.82, 2.24) is 0 Å². The Kier molecular flexibility index (Phi) is 4.05. The Bertz CT molecular complexity index is 1040. The molecule has 0 aliphatic heterocycles. The molecule has 4 nitrogen and oxygen atoms in total. The Balaban J connectivity index is 2.06. The molecule has 0 aliphatic carbocycles. The van der Waals surface area contributed by atoms with Crippen molar-refractivity contribution in [3.8, 4) is 0 Å². The molecule has 24 heavy (non-hydrogen) atoms. The number of carbonyl (C=O) groups is 1. The summed E-state index contributed by atoms with van der Waals surface area (Å²) in [6.07, 6.45) is 0. The van der Waals surface area contributed by atoms with Crippen LogP contribution in [-0.4, -0.2) is 14.2 Å². The summed E-state index contributed by atoms with van der Waals surface area (Å²) >= 11 is 0. The summed E-state index contributed by atoms with van der Waals surface area (Å²) in [5, 5.41) is 0.664. The predicted octanol–water partition coefficient (Wildman–Crippen LogP) is 4.23. The lowest BCUT2D eigenvalue weighted by Crippen LogP contribution is -2.06. The number of Topliss-reactive ketones (excluding diaryl/α,β-unsaturated/α-hetero) is 1. The minimum atomic E-state index is -3.45. The van der Waals surface area contributed by atoms with E-state index in [1.807, 2.05) is 6.07 Å². The molecule has 3 rings (SSSR count). The number of rotatable bonds is 4. The summed E-state index contributed by atoms with van der Waals surface area (Å²) in [7, 11) is -3.45. The Morgan fingerprint density at radius 2 is 1.79 bits per heavy atom. The van der Waals surface area contributed by atoms with E-state index in [1.165, 1.54) is 6.92 Å². The molecule has 0 amide bonds. The first-order chi connectivity index (χ1) is 11.3. The highest BCUT2D eigenvalue weighted by Crippen LogP contribution is 2.28. The molecule has 0 aliphatic rings. The second-order valence-electron chi connectivity index (χ2n) is 5.94. The molecule has 0 saturated carbocycles. The Morgan fingerprint density at radius 3 is 2.46 bits per heavy atom. The summed E-state index contributed by atoms with van der Waals surface area (Å²) in [4.78, 5) is 12.2. The number of carbonyl (C=O) groups excluding carboxylic acids is 1. The third kappa shape index (κ3) is 2.87. The molecule has 0 bridgehead atoms. The number of aryl methyl sites for hydroxylation is 2. The van der Waals surface area contributed by atoms with E-state index < -0.39 is 9.84 Å². The third-order valence-electron chi connectivity index (χ3n) is 4.07. The zero-order valence-electron chi connectivity index (χ0n) is 13.8. The van der Waals surface area contributed by atoms with Gasteiger partial charge in [-0.15, -0.1) is 0 Å². The van der Waals surface area contributed by atoms with Gasteiger partial charge in [0.05, 0.1) is 16.2 Å². The normalized spacial score (nSPS) is 11.8. The molecule has 3 aromatic rings. The van der Waals surface area contributed by atoms with Gasteiger partial charge in [-0.05, 0) is 50.1 Å². The third-order valence-corrected chi connectivity index (χ3v) is 5.91. The number of hydrogen-bond acceptors (Lipinski definition) is 4. The van der Waals surface area contributed by atoms with Gasteiger partial charge in [0.25, 0.3) is 0 Å². The monoisotopic (exact) mass is 342 g/mol. The molecule has 1 heterocycles. The quantitative estimate of drug-likeness (QED) is 0.666. The van der Waals surface area contributed by atoms with Gasteiger partial charge in [0.2, 0.25) is 0 Å². The molecular formula is C19H18O4S. The van der Waals surface area contributed by atoms with Crippen molar-refractivity contribution < 1.29 is 17.6 Å². The molecule has 124 valence electrons. The van der Waals surface area contributed by atoms with Gasteiger partial charge in [-0.1, -0.05) is 24.3 Å². The zero-order chi connectivity index (χ0) is 17.5. The van der Waals surface area contributed by atoms with E-state index in [0.717, 1.165) is 5.56 Å². The Morgan fingerprint density at radius 1 is 1.08 bits per heavy atom. The van der Waals surface area contributed by atoms with E-state index in [0.29, 0.717) is 32.8 Å². The lowest BCUT2D eigenvalue weighted by atomic mass is 10.1. The number of hydrogen-bond donors (Lipinski definition) is 0. The summed E-state index contributed by atoms with van der Waals surface area (Å²) < 4.78 is 31.0. The van der Waals surface area contributed by atoms with Crippen molar-refractivity contribution in [1.29, 1.82) is 0 Å². The van der Waals surface area contributed by atoms with Gasteiger partial charge in [-0.25, -0.2) is 8.42 Å². The van der Waals surface area contributed by atoms with Gasteiger partial charge >= 0.3 is 0 Å². The van der Waals surface area contributed by atoms with E-state index in [1.54, 1.807) is 50.2 Å². The fourth-order valence-corrected chi connectivity index (χ4v) is 4.62. The molecule has 0 saturated heterocycles. The largest absolute Gasteiger partial charge is 0.461 e. The molecule has 0 atom stereocenters. The lowest BCUT2D eigenvalue weighted by molar-refractivity contribution is 0.101. The van der Waals surface area contributed by atoms with Crippen molar-refractivity contribution >= 4 is 26.6 Å².